The molecule has 0 spiro atoms. The van der Waals surface area contributed by atoms with Gasteiger partial charge in [-0.2, -0.15) is 0 Å². The second-order valence-electron chi connectivity index (χ2n) is 5.10. The number of benzene rings is 2. The first-order valence-electron chi connectivity index (χ1n) is 7.04. The third kappa shape index (κ3) is 2.48. The third-order valence-corrected chi connectivity index (χ3v) is 4.15. The molecule has 0 radical (unpaired) electrons. The van der Waals surface area contributed by atoms with Crippen molar-refractivity contribution < 1.29 is 4.52 Å². The Morgan fingerprint density at radius 3 is 2.54 bits per heavy atom. The number of para-hydroxylation sites is 1. The van der Waals surface area contributed by atoms with Gasteiger partial charge in [-0.15, -0.1) is 0 Å². The van der Waals surface area contributed by atoms with Gasteiger partial charge in [0.2, 0.25) is 0 Å². The van der Waals surface area contributed by atoms with E-state index in [1.807, 2.05) is 30.3 Å². The summed E-state index contributed by atoms with van der Waals surface area (Å²) in [4.78, 5) is 16.5. The molecule has 0 aliphatic carbocycles. The molecule has 2 aromatic heterocycles. The van der Waals surface area contributed by atoms with Crippen LogP contribution in [-0.2, 0) is 0 Å². The zero-order chi connectivity index (χ0) is 16.7. The predicted octanol–water partition coefficient (Wildman–Crippen LogP) is 4.35. The highest BCUT2D eigenvalue weighted by Crippen LogP contribution is 2.29. The Balaban J connectivity index is 1.97. The van der Waals surface area contributed by atoms with E-state index in [1.165, 1.54) is 4.57 Å². The lowest BCUT2D eigenvalue weighted by Gasteiger charge is -2.07. The molecule has 0 unspecified atom stereocenters. The molecule has 2 heterocycles. The number of fused-ring (bicyclic) bond motifs is 1. The molecule has 0 saturated carbocycles. The summed E-state index contributed by atoms with van der Waals surface area (Å²) in [6, 6.07) is 16.1. The van der Waals surface area contributed by atoms with Gasteiger partial charge < -0.3 is 0 Å². The molecule has 0 N–H and O–H groups in total. The van der Waals surface area contributed by atoms with E-state index in [-0.39, 0.29) is 11.0 Å². The molecule has 4 rings (SSSR count). The van der Waals surface area contributed by atoms with E-state index in [9.17, 15) is 4.79 Å². The second-order valence-corrected chi connectivity index (χ2v) is 5.90. The van der Waals surface area contributed by atoms with Crippen LogP contribution < -0.4 is 5.76 Å². The first-order chi connectivity index (χ1) is 11.6. The Kier molecular flexibility index (Phi) is 3.59. The minimum absolute atomic E-state index is 0.240. The quantitative estimate of drug-likeness (QED) is 0.500. The van der Waals surface area contributed by atoms with Crippen molar-refractivity contribution >= 4 is 34.1 Å². The van der Waals surface area contributed by atoms with Crippen LogP contribution in [0.25, 0.3) is 28.0 Å². The molecule has 0 aliphatic rings. The molecule has 7 heteroatoms. The van der Waals surface area contributed by atoms with Gasteiger partial charge in [-0.3, -0.25) is 4.52 Å². The fourth-order valence-electron chi connectivity index (χ4n) is 2.49. The number of halogens is 2. The van der Waals surface area contributed by atoms with Crippen LogP contribution in [0.1, 0.15) is 0 Å². The van der Waals surface area contributed by atoms with Gasteiger partial charge in [0.1, 0.15) is 5.15 Å². The topological polar surface area (TPSA) is 60.9 Å². The van der Waals surface area contributed by atoms with Crippen LogP contribution in [0, 0.1) is 0 Å². The zero-order valence-electron chi connectivity index (χ0n) is 12.1. The molecule has 0 bridgehead atoms. The molecule has 0 amide bonds. The van der Waals surface area contributed by atoms with Crippen molar-refractivity contribution in [2.75, 3.05) is 0 Å². The van der Waals surface area contributed by atoms with Crippen molar-refractivity contribution in [2.24, 2.45) is 0 Å². The summed E-state index contributed by atoms with van der Waals surface area (Å²) in [6.45, 7) is 0. The molecular weight excluding hydrogens is 349 g/mol. The van der Waals surface area contributed by atoms with Gasteiger partial charge in [0, 0.05) is 10.4 Å². The van der Waals surface area contributed by atoms with Crippen LogP contribution in [-0.4, -0.2) is 14.7 Å². The Morgan fingerprint density at radius 1 is 1.00 bits per heavy atom. The molecule has 5 nitrogen and oxygen atoms in total. The highest BCUT2D eigenvalue weighted by atomic mass is 35.5. The summed E-state index contributed by atoms with van der Waals surface area (Å²) < 4.78 is 6.17. The van der Waals surface area contributed by atoms with E-state index in [0.717, 1.165) is 10.9 Å². The molecule has 0 atom stereocenters. The lowest BCUT2D eigenvalue weighted by Crippen LogP contribution is -2.13. The third-order valence-electron chi connectivity index (χ3n) is 3.61. The summed E-state index contributed by atoms with van der Waals surface area (Å²) in [5.41, 5.74) is 1.84. The molecule has 4 aromatic rings. The van der Waals surface area contributed by atoms with Gasteiger partial charge in [-0.05, 0) is 36.4 Å². The highest BCUT2D eigenvalue weighted by Gasteiger charge is 2.18. The van der Waals surface area contributed by atoms with Crippen molar-refractivity contribution in [3.8, 4) is 17.1 Å². The molecule has 2 aromatic carbocycles. The summed E-state index contributed by atoms with van der Waals surface area (Å²) >= 11 is 12.2. The first-order valence-corrected chi connectivity index (χ1v) is 7.79. The van der Waals surface area contributed by atoms with E-state index in [4.69, 9.17) is 27.7 Å². The molecule has 118 valence electrons. The van der Waals surface area contributed by atoms with Crippen LogP contribution in [0.3, 0.4) is 0 Å². The molecule has 0 saturated heterocycles. The van der Waals surface area contributed by atoms with Crippen LogP contribution in [0.4, 0.5) is 0 Å². The zero-order valence-corrected chi connectivity index (χ0v) is 13.6. The molecule has 0 aliphatic heterocycles. The van der Waals surface area contributed by atoms with Gasteiger partial charge in [-0.1, -0.05) is 46.6 Å². The van der Waals surface area contributed by atoms with Crippen molar-refractivity contribution in [3.05, 3.63) is 75.3 Å². The van der Waals surface area contributed by atoms with E-state index in [0.29, 0.717) is 16.3 Å². The minimum atomic E-state index is -0.614. The maximum Gasteiger partial charge on any atom is 0.446 e. The Bertz CT molecular complexity index is 1100. The maximum atomic E-state index is 12.1. The fourth-order valence-corrected chi connectivity index (χ4v) is 2.84. The van der Waals surface area contributed by atoms with Gasteiger partial charge in [-0.25, -0.2) is 14.3 Å². The summed E-state index contributed by atoms with van der Waals surface area (Å²) in [6.07, 6.45) is 0. The Morgan fingerprint density at radius 2 is 1.75 bits per heavy atom. The van der Waals surface area contributed by atoms with Crippen molar-refractivity contribution in [2.45, 2.75) is 0 Å². The lowest BCUT2D eigenvalue weighted by molar-refractivity contribution is 0.383. The highest BCUT2D eigenvalue weighted by molar-refractivity contribution is 6.32. The van der Waals surface area contributed by atoms with E-state index in [1.54, 1.807) is 24.3 Å². The van der Waals surface area contributed by atoms with Crippen molar-refractivity contribution in [3.63, 3.8) is 0 Å². The SMILES string of the molecule is O=c1onc(-c2cc3ccccc3nc2Cl)n1-c1ccc(Cl)cc1. The van der Waals surface area contributed by atoms with Gasteiger partial charge in [0.15, 0.2) is 5.82 Å². The van der Waals surface area contributed by atoms with Crippen LogP contribution in [0.2, 0.25) is 10.2 Å². The van der Waals surface area contributed by atoms with Gasteiger partial charge >= 0.3 is 5.76 Å². The number of pyridine rings is 1. The standard InChI is InChI=1S/C17H9Cl2N3O2/c18-11-5-7-12(8-6-11)22-16(21-24-17(22)23)13-9-10-3-1-2-4-14(10)20-15(13)19/h1-9H. The average molecular weight is 358 g/mol. The van der Waals surface area contributed by atoms with Gasteiger partial charge in [0.25, 0.3) is 0 Å². The second kappa shape index (κ2) is 5.78. The van der Waals surface area contributed by atoms with E-state index < -0.39 is 5.76 Å². The van der Waals surface area contributed by atoms with Gasteiger partial charge in [0.05, 0.1) is 16.8 Å². The molecule has 0 fully saturated rings. The molecular formula is C17H9Cl2N3O2. The Hall–Kier alpha value is -2.63. The van der Waals surface area contributed by atoms with Crippen LogP contribution in [0.5, 0.6) is 0 Å². The van der Waals surface area contributed by atoms with E-state index in [2.05, 4.69) is 10.1 Å². The monoisotopic (exact) mass is 357 g/mol. The number of hydrogen-bond acceptors (Lipinski definition) is 4. The van der Waals surface area contributed by atoms with E-state index >= 15 is 0 Å². The number of rotatable bonds is 2. The average Bonchev–Trinajstić information content (AvgIpc) is 2.96. The maximum absolute atomic E-state index is 12.1. The number of hydrogen-bond donors (Lipinski definition) is 0. The lowest BCUT2D eigenvalue weighted by atomic mass is 10.1. The smallest absolute Gasteiger partial charge is 0.295 e. The van der Waals surface area contributed by atoms with Crippen LogP contribution >= 0.6 is 23.2 Å². The summed E-state index contributed by atoms with van der Waals surface area (Å²) in [5, 5.41) is 5.56. The number of aromatic nitrogens is 3. The molecule has 24 heavy (non-hydrogen) atoms. The van der Waals surface area contributed by atoms with Crippen molar-refractivity contribution in [1.82, 2.24) is 14.7 Å². The van der Waals surface area contributed by atoms with Crippen LogP contribution in [0.15, 0.2) is 63.9 Å². The largest absolute Gasteiger partial charge is 0.446 e. The Labute approximate surface area is 146 Å². The normalized spacial score (nSPS) is 11.1. The summed E-state index contributed by atoms with van der Waals surface area (Å²) in [5.74, 6) is -0.331. The minimum Gasteiger partial charge on any atom is -0.295 e. The summed E-state index contributed by atoms with van der Waals surface area (Å²) in [7, 11) is 0. The number of nitrogens with zero attached hydrogens (tertiary/aromatic N) is 3. The van der Waals surface area contributed by atoms with Crippen molar-refractivity contribution in [1.29, 1.82) is 0 Å². The predicted molar refractivity (Wildman–Crippen MR) is 92.9 cm³/mol. The fraction of sp³-hybridized carbons (Fsp3) is 0. The first kappa shape index (κ1) is 14.9.